The van der Waals surface area contributed by atoms with Gasteiger partial charge < -0.3 is 32.9 Å². The largest absolute Gasteiger partial charge is 0.480 e. The van der Waals surface area contributed by atoms with Gasteiger partial charge in [-0.1, -0.05) is 13.8 Å². The van der Waals surface area contributed by atoms with Crippen molar-refractivity contribution in [2.45, 2.75) is 51.2 Å². The Hall–Kier alpha value is -2.01. The molecule has 26 heavy (non-hydrogen) atoms. The maximum Gasteiger partial charge on any atom is 0.326 e. The third kappa shape index (κ3) is 10.1. The van der Waals surface area contributed by atoms with E-state index >= 15 is 0 Å². The Morgan fingerprint density at radius 3 is 2.15 bits per heavy atom. The number of amides is 2. The monoisotopic (exact) mass is 390 g/mol. The van der Waals surface area contributed by atoms with Crippen molar-refractivity contribution in [1.82, 2.24) is 10.6 Å². The van der Waals surface area contributed by atoms with Crippen molar-refractivity contribution in [2.75, 3.05) is 12.3 Å². The molecule has 0 bridgehead atoms. The topological polar surface area (TPSA) is 186 Å². The number of nitrogens with two attached hydrogens (primary N) is 3. The fourth-order valence-electron chi connectivity index (χ4n) is 2.10. The van der Waals surface area contributed by atoms with Gasteiger partial charge in [-0.15, -0.1) is 0 Å². The molecule has 0 saturated heterocycles. The number of hydrogen-bond donors (Lipinski definition) is 7. The average molecular weight is 391 g/mol. The Morgan fingerprint density at radius 2 is 1.69 bits per heavy atom. The predicted octanol–water partition coefficient (Wildman–Crippen LogP) is -1.60. The SMILES string of the molecule is CC(C)CC(NC(=O)C(CCCN=C(N)N)NC(=O)C(N)CS)C(=O)O. The fraction of sp³-hybridized carbons (Fsp3) is 0.733. The first-order valence-electron chi connectivity index (χ1n) is 8.33. The lowest BCUT2D eigenvalue weighted by atomic mass is 10.0. The van der Waals surface area contributed by atoms with Crippen LogP contribution in [0.5, 0.6) is 0 Å². The molecule has 0 aromatic carbocycles. The van der Waals surface area contributed by atoms with Gasteiger partial charge in [0.15, 0.2) is 5.96 Å². The fourth-order valence-corrected chi connectivity index (χ4v) is 2.27. The molecule has 0 aliphatic carbocycles. The molecule has 0 saturated carbocycles. The van der Waals surface area contributed by atoms with E-state index in [1.165, 1.54) is 0 Å². The second kappa shape index (κ2) is 12.4. The second-order valence-corrected chi connectivity index (χ2v) is 6.69. The van der Waals surface area contributed by atoms with Gasteiger partial charge >= 0.3 is 5.97 Å². The van der Waals surface area contributed by atoms with Crippen molar-refractivity contribution in [3.8, 4) is 0 Å². The molecule has 0 aromatic rings. The zero-order valence-corrected chi connectivity index (χ0v) is 16.0. The summed E-state index contributed by atoms with van der Waals surface area (Å²) in [6.07, 6.45) is 0.905. The molecule has 0 aliphatic heterocycles. The molecule has 10 nitrogen and oxygen atoms in total. The normalized spacial score (nSPS) is 14.2. The van der Waals surface area contributed by atoms with Crippen LogP contribution in [0.25, 0.3) is 0 Å². The van der Waals surface area contributed by atoms with Crippen molar-refractivity contribution in [2.24, 2.45) is 28.1 Å². The van der Waals surface area contributed by atoms with Crippen LogP contribution in [-0.2, 0) is 14.4 Å². The quantitative estimate of drug-likeness (QED) is 0.0904. The molecule has 3 unspecified atom stereocenters. The summed E-state index contributed by atoms with van der Waals surface area (Å²) < 4.78 is 0. The molecule has 2 amide bonds. The average Bonchev–Trinajstić information content (AvgIpc) is 2.54. The minimum Gasteiger partial charge on any atom is -0.480 e. The summed E-state index contributed by atoms with van der Waals surface area (Å²) >= 11 is 3.95. The lowest BCUT2D eigenvalue weighted by molar-refractivity contribution is -0.142. The van der Waals surface area contributed by atoms with Gasteiger partial charge in [0.25, 0.3) is 0 Å². The highest BCUT2D eigenvalue weighted by Crippen LogP contribution is 2.07. The Morgan fingerprint density at radius 1 is 1.12 bits per heavy atom. The van der Waals surface area contributed by atoms with Gasteiger partial charge in [0.05, 0.1) is 6.04 Å². The number of carboxylic acids is 1. The van der Waals surface area contributed by atoms with Gasteiger partial charge in [0.2, 0.25) is 11.8 Å². The number of carbonyl (C=O) groups excluding carboxylic acids is 2. The molecule has 0 rings (SSSR count). The summed E-state index contributed by atoms with van der Waals surface area (Å²) in [5.74, 6) is -2.16. The number of rotatable bonds is 12. The third-order valence-electron chi connectivity index (χ3n) is 3.43. The van der Waals surface area contributed by atoms with Gasteiger partial charge in [-0.2, -0.15) is 12.6 Å². The molecule has 0 radical (unpaired) electrons. The summed E-state index contributed by atoms with van der Waals surface area (Å²) in [7, 11) is 0. The van der Waals surface area contributed by atoms with E-state index in [1.807, 2.05) is 13.8 Å². The van der Waals surface area contributed by atoms with Crippen LogP contribution < -0.4 is 27.8 Å². The van der Waals surface area contributed by atoms with E-state index in [0.717, 1.165) is 0 Å². The molecular formula is C15H30N6O4S. The molecule has 0 aromatic heterocycles. The van der Waals surface area contributed by atoms with Crippen LogP contribution in [0, 0.1) is 5.92 Å². The Kier molecular flexibility index (Phi) is 11.4. The first-order chi connectivity index (χ1) is 12.1. The van der Waals surface area contributed by atoms with Crippen LogP contribution in [0.2, 0.25) is 0 Å². The molecule has 11 heteroatoms. The summed E-state index contributed by atoms with van der Waals surface area (Å²) in [6.45, 7) is 3.97. The molecule has 0 spiro atoms. The van der Waals surface area contributed by atoms with E-state index in [2.05, 4.69) is 28.3 Å². The number of aliphatic imine (C=N–C) groups is 1. The van der Waals surface area contributed by atoms with Gasteiger partial charge in [0, 0.05) is 12.3 Å². The molecular weight excluding hydrogens is 360 g/mol. The lowest BCUT2D eigenvalue weighted by Crippen LogP contribution is -2.55. The summed E-state index contributed by atoms with van der Waals surface area (Å²) in [4.78, 5) is 39.6. The van der Waals surface area contributed by atoms with Crippen LogP contribution in [0.15, 0.2) is 4.99 Å². The third-order valence-corrected chi connectivity index (χ3v) is 3.83. The van der Waals surface area contributed by atoms with Gasteiger partial charge in [-0.05, 0) is 25.2 Å². The Labute approximate surface area is 158 Å². The highest BCUT2D eigenvalue weighted by Gasteiger charge is 2.27. The van der Waals surface area contributed by atoms with E-state index in [1.54, 1.807) is 0 Å². The minimum absolute atomic E-state index is 0.0731. The summed E-state index contributed by atoms with van der Waals surface area (Å²) in [5, 5.41) is 14.2. The number of nitrogens with zero attached hydrogens (tertiary/aromatic N) is 1. The number of carboxylic acid groups (broad SMARTS) is 1. The first-order valence-corrected chi connectivity index (χ1v) is 8.97. The zero-order chi connectivity index (χ0) is 20.3. The number of aliphatic carboxylic acids is 1. The van der Waals surface area contributed by atoms with Gasteiger partial charge in [0.1, 0.15) is 12.1 Å². The predicted molar refractivity (Wildman–Crippen MR) is 103 cm³/mol. The summed E-state index contributed by atoms with van der Waals surface area (Å²) in [5.41, 5.74) is 16.1. The molecule has 150 valence electrons. The molecule has 9 N–H and O–H groups in total. The second-order valence-electron chi connectivity index (χ2n) is 6.33. The van der Waals surface area contributed by atoms with E-state index in [-0.39, 0.29) is 37.0 Å². The summed E-state index contributed by atoms with van der Waals surface area (Å²) in [6, 6.07) is -2.87. The molecule has 0 fully saturated rings. The number of nitrogens with one attached hydrogen (secondary N) is 2. The lowest BCUT2D eigenvalue weighted by Gasteiger charge is -2.23. The van der Waals surface area contributed by atoms with E-state index < -0.39 is 35.9 Å². The van der Waals surface area contributed by atoms with Crippen molar-refractivity contribution in [3.63, 3.8) is 0 Å². The Bertz CT molecular complexity index is 510. The molecule has 0 heterocycles. The first kappa shape index (κ1) is 24.0. The molecule has 3 atom stereocenters. The highest BCUT2D eigenvalue weighted by atomic mass is 32.1. The molecule has 0 aliphatic rings. The van der Waals surface area contributed by atoms with Gasteiger partial charge in [-0.25, -0.2) is 4.79 Å². The van der Waals surface area contributed by atoms with E-state index in [4.69, 9.17) is 17.2 Å². The van der Waals surface area contributed by atoms with Crippen LogP contribution in [-0.4, -0.2) is 59.3 Å². The van der Waals surface area contributed by atoms with Crippen LogP contribution >= 0.6 is 12.6 Å². The number of hydrogen-bond acceptors (Lipinski definition) is 6. The van der Waals surface area contributed by atoms with Crippen molar-refractivity contribution >= 4 is 36.4 Å². The van der Waals surface area contributed by atoms with Crippen molar-refractivity contribution < 1.29 is 19.5 Å². The van der Waals surface area contributed by atoms with Crippen LogP contribution in [0.1, 0.15) is 33.1 Å². The zero-order valence-electron chi connectivity index (χ0n) is 15.1. The minimum atomic E-state index is -1.13. The number of guanidine groups is 1. The standard InChI is InChI=1S/C15H30N6O4S/c1-8(2)6-11(14(24)25)21-13(23)10(4-3-5-19-15(17)18)20-12(22)9(16)7-26/h8-11,26H,3-7,16H2,1-2H3,(H,20,22)(H,21,23)(H,24,25)(H4,17,18,19). The van der Waals surface area contributed by atoms with Gasteiger partial charge in [-0.3, -0.25) is 14.6 Å². The maximum absolute atomic E-state index is 12.5. The number of thiol groups is 1. The van der Waals surface area contributed by atoms with Crippen LogP contribution in [0.3, 0.4) is 0 Å². The Balaban J connectivity index is 5.02. The smallest absolute Gasteiger partial charge is 0.326 e. The van der Waals surface area contributed by atoms with Crippen molar-refractivity contribution in [1.29, 1.82) is 0 Å². The van der Waals surface area contributed by atoms with E-state index in [9.17, 15) is 19.5 Å². The maximum atomic E-state index is 12.5. The van der Waals surface area contributed by atoms with Crippen molar-refractivity contribution in [3.05, 3.63) is 0 Å². The number of carbonyl (C=O) groups is 3. The van der Waals surface area contributed by atoms with Crippen LogP contribution in [0.4, 0.5) is 0 Å². The highest BCUT2D eigenvalue weighted by molar-refractivity contribution is 7.80. The van der Waals surface area contributed by atoms with E-state index in [0.29, 0.717) is 6.42 Å².